The standard InChI is InChI=1S/C13H13NO5S/c1-20(16,17)12-11(13(12,5-14)6-15)8-2-3-9-10(4-8)19-7-18-9/h2-4,11-12,15H,6-7H2,1H3/t11-,12-,13-/m1/s1. The van der Waals surface area contributed by atoms with Crippen LogP contribution in [0, 0.1) is 16.7 Å². The first-order chi connectivity index (χ1) is 9.44. The summed E-state index contributed by atoms with van der Waals surface area (Å²) in [6, 6.07) is 7.06. The number of ether oxygens (including phenoxy) is 2. The van der Waals surface area contributed by atoms with Crippen molar-refractivity contribution in [3.05, 3.63) is 23.8 Å². The van der Waals surface area contributed by atoms with Crippen LogP contribution in [0.4, 0.5) is 0 Å². The number of hydrogen-bond acceptors (Lipinski definition) is 6. The van der Waals surface area contributed by atoms with Crippen LogP contribution in [0.2, 0.25) is 0 Å². The van der Waals surface area contributed by atoms with Gasteiger partial charge in [-0.1, -0.05) is 6.07 Å². The lowest BCUT2D eigenvalue weighted by molar-refractivity contribution is 0.174. The topological polar surface area (TPSA) is 96.6 Å². The molecule has 2 aliphatic rings. The summed E-state index contributed by atoms with van der Waals surface area (Å²) in [6.45, 7) is -0.358. The Bertz CT molecular complexity index is 708. The van der Waals surface area contributed by atoms with Crippen LogP contribution in [0.5, 0.6) is 11.5 Å². The summed E-state index contributed by atoms with van der Waals surface area (Å²) >= 11 is 0. The van der Waals surface area contributed by atoms with Gasteiger partial charge in [0.2, 0.25) is 6.79 Å². The fraction of sp³-hybridized carbons (Fsp3) is 0.462. The Kier molecular flexibility index (Phi) is 2.71. The van der Waals surface area contributed by atoms with E-state index in [0.717, 1.165) is 6.26 Å². The molecule has 0 bridgehead atoms. The maximum absolute atomic E-state index is 11.8. The van der Waals surface area contributed by atoms with Crippen LogP contribution in [-0.4, -0.2) is 38.4 Å². The van der Waals surface area contributed by atoms with Crippen LogP contribution in [0.25, 0.3) is 0 Å². The second-order valence-electron chi connectivity index (χ2n) is 5.15. The number of benzene rings is 1. The Hall–Kier alpha value is -1.78. The molecule has 1 N–H and O–H groups in total. The summed E-state index contributed by atoms with van der Waals surface area (Å²) in [5.41, 5.74) is -0.596. The zero-order chi connectivity index (χ0) is 14.5. The quantitative estimate of drug-likeness (QED) is 0.868. The van der Waals surface area contributed by atoms with Gasteiger partial charge in [0.05, 0.1) is 17.9 Å². The van der Waals surface area contributed by atoms with Crippen LogP contribution < -0.4 is 9.47 Å². The summed E-state index contributed by atoms with van der Waals surface area (Å²) in [5, 5.41) is 17.9. The SMILES string of the molecule is CS(=O)(=O)[C@@H]1[C@@H](c2ccc3c(c2)OCO3)[C@@]1(C#N)CO. The van der Waals surface area contributed by atoms with Crippen molar-refractivity contribution in [1.29, 1.82) is 5.26 Å². The van der Waals surface area contributed by atoms with Crippen molar-refractivity contribution >= 4 is 9.84 Å². The zero-order valence-electron chi connectivity index (χ0n) is 10.7. The van der Waals surface area contributed by atoms with Crippen LogP contribution in [0.15, 0.2) is 18.2 Å². The minimum absolute atomic E-state index is 0.127. The number of fused-ring (bicyclic) bond motifs is 1. The summed E-state index contributed by atoms with van der Waals surface area (Å²) in [7, 11) is -3.43. The van der Waals surface area contributed by atoms with E-state index in [0.29, 0.717) is 17.1 Å². The minimum atomic E-state index is -3.43. The highest BCUT2D eigenvalue weighted by molar-refractivity contribution is 7.91. The molecule has 6 nitrogen and oxygen atoms in total. The van der Waals surface area contributed by atoms with Gasteiger partial charge in [0.1, 0.15) is 5.41 Å². The molecule has 20 heavy (non-hydrogen) atoms. The molecular formula is C13H13NO5S. The van der Waals surface area contributed by atoms with Gasteiger partial charge < -0.3 is 14.6 Å². The maximum Gasteiger partial charge on any atom is 0.231 e. The Morgan fingerprint density at radius 3 is 2.70 bits per heavy atom. The molecule has 7 heteroatoms. The Balaban J connectivity index is 2.04. The fourth-order valence-corrected chi connectivity index (χ4v) is 4.82. The second-order valence-corrected chi connectivity index (χ2v) is 7.32. The van der Waals surface area contributed by atoms with E-state index in [1.54, 1.807) is 18.2 Å². The van der Waals surface area contributed by atoms with Gasteiger partial charge in [-0.25, -0.2) is 8.42 Å². The Labute approximate surface area is 116 Å². The first kappa shape index (κ1) is 13.2. The van der Waals surface area contributed by atoms with Crippen molar-refractivity contribution in [1.82, 2.24) is 0 Å². The van der Waals surface area contributed by atoms with E-state index in [9.17, 15) is 18.8 Å². The van der Waals surface area contributed by atoms with Crippen LogP contribution in [0.1, 0.15) is 11.5 Å². The van der Waals surface area contributed by atoms with E-state index in [1.807, 2.05) is 6.07 Å². The third kappa shape index (κ3) is 1.69. The molecule has 3 atom stereocenters. The van der Waals surface area contributed by atoms with Crippen LogP contribution in [0.3, 0.4) is 0 Å². The molecule has 0 aromatic heterocycles. The fourth-order valence-electron chi connectivity index (χ4n) is 2.97. The summed E-state index contributed by atoms with van der Waals surface area (Å²) in [6.07, 6.45) is 1.09. The molecule has 0 saturated heterocycles. The van der Waals surface area contributed by atoms with Crippen molar-refractivity contribution in [2.45, 2.75) is 11.2 Å². The summed E-state index contributed by atoms with van der Waals surface area (Å²) < 4.78 is 34.1. The highest BCUT2D eigenvalue weighted by atomic mass is 32.2. The summed E-state index contributed by atoms with van der Waals surface area (Å²) in [5.74, 6) is 0.588. The number of nitrogens with zero attached hydrogens (tertiary/aromatic N) is 1. The zero-order valence-corrected chi connectivity index (χ0v) is 11.6. The normalized spacial score (nSPS) is 30.9. The lowest BCUT2D eigenvalue weighted by Crippen LogP contribution is -2.16. The molecule has 1 heterocycles. The lowest BCUT2D eigenvalue weighted by Gasteiger charge is -2.04. The predicted octanol–water partition coefficient (Wildman–Crippen LogP) is 0.428. The van der Waals surface area contributed by atoms with Crippen molar-refractivity contribution < 1.29 is 23.0 Å². The number of nitriles is 1. The summed E-state index contributed by atoms with van der Waals surface area (Å²) in [4.78, 5) is 0. The van der Waals surface area contributed by atoms with E-state index in [1.165, 1.54) is 0 Å². The van der Waals surface area contributed by atoms with Gasteiger partial charge >= 0.3 is 0 Å². The molecule has 0 radical (unpaired) electrons. The highest BCUT2D eigenvalue weighted by Gasteiger charge is 2.70. The minimum Gasteiger partial charge on any atom is -0.454 e. The van der Waals surface area contributed by atoms with Crippen molar-refractivity contribution in [2.24, 2.45) is 5.41 Å². The second kappa shape index (κ2) is 4.11. The predicted molar refractivity (Wildman–Crippen MR) is 69.1 cm³/mol. The van der Waals surface area contributed by atoms with E-state index >= 15 is 0 Å². The molecule has 0 amide bonds. The van der Waals surface area contributed by atoms with Gasteiger partial charge in [-0.05, 0) is 17.7 Å². The molecule has 3 rings (SSSR count). The van der Waals surface area contributed by atoms with E-state index in [-0.39, 0.29) is 6.79 Å². The average Bonchev–Trinajstić information content (AvgIpc) is 2.89. The van der Waals surface area contributed by atoms with E-state index in [4.69, 9.17) is 9.47 Å². The first-order valence-corrected chi connectivity index (χ1v) is 8.00. The molecule has 106 valence electrons. The maximum atomic E-state index is 11.8. The van der Waals surface area contributed by atoms with Gasteiger partial charge in [-0.3, -0.25) is 0 Å². The molecule has 1 fully saturated rings. The number of sulfone groups is 1. The lowest BCUT2D eigenvalue weighted by atomic mass is 10.0. The van der Waals surface area contributed by atoms with Gasteiger partial charge in [0, 0.05) is 12.2 Å². The molecule has 0 spiro atoms. The highest BCUT2D eigenvalue weighted by Crippen LogP contribution is 2.62. The van der Waals surface area contributed by atoms with E-state index < -0.39 is 33.0 Å². The van der Waals surface area contributed by atoms with Crippen LogP contribution in [-0.2, 0) is 9.84 Å². The molecule has 1 aliphatic heterocycles. The van der Waals surface area contributed by atoms with Gasteiger partial charge in [-0.2, -0.15) is 5.26 Å². The molecule has 1 aliphatic carbocycles. The number of rotatable bonds is 3. The van der Waals surface area contributed by atoms with Gasteiger partial charge in [0.25, 0.3) is 0 Å². The van der Waals surface area contributed by atoms with Crippen molar-refractivity contribution in [3.63, 3.8) is 0 Å². The number of aliphatic hydroxyl groups excluding tert-OH is 1. The van der Waals surface area contributed by atoms with Crippen LogP contribution >= 0.6 is 0 Å². The van der Waals surface area contributed by atoms with Crippen molar-refractivity contribution in [3.8, 4) is 17.6 Å². The van der Waals surface area contributed by atoms with E-state index in [2.05, 4.69) is 0 Å². The molecule has 0 unspecified atom stereocenters. The molecular weight excluding hydrogens is 282 g/mol. The Morgan fingerprint density at radius 1 is 1.45 bits per heavy atom. The molecule has 1 saturated carbocycles. The smallest absolute Gasteiger partial charge is 0.231 e. The van der Waals surface area contributed by atoms with Gasteiger partial charge in [0.15, 0.2) is 21.3 Å². The number of aliphatic hydroxyl groups is 1. The number of hydrogen-bond donors (Lipinski definition) is 1. The molecule has 1 aromatic rings. The third-order valence-electron chi connectivity index (χ3n) is 3.94. The molecule has 1 aromatic carbocycles. The van der Waals surface area contributed by atoms with Gasteiger partial charge in [-0.15, -0.1) is 0 Å². The first-order valence-electron chi connectivity index (χ1n) is 6.04. The Morgan fingerprint density at radius 2 is 2.15 bits per heavy atom. The monoisotopic (exact) mass is 295 g/mol. The third-order valence-corrected chi connectivity index (χ3v) is 5.56. The van der Waals surface area contributed by atoms with Crippen molar-refractivity contribution in [2.75, 3.05) is 19.7 Å². The average molecular weight is 295 g/mol. The largest absolute Gasteiger partial charge is 0.454 e.